The molecular formula is C18H26N2O. The molecule has 0 spiro atoms. The van der Waals surface area contributed by atoms with Crippen molar-refractivity contribution in [1.82, 2.24) is 10.6 Å². The van der Waals surface area contributed by atoms with Gasteiger partial charge < -0.3 is 10.6 Å². The van der Waals surface area contributed by atoms with Gasteiger partial charge in [-0.1, -0.05) is 29.8 Å². The van der Waals surface area contributed by atoms with E-state index in [2.05, 4.69) is 41.8 Å². The molecule has 1 unspecified atom stereocenters. The van der Waals surface area contributed by atoms with Crippen molar-refractivity contribution in [2.75, 3.05) is 6.54 Å². The van der Waals surface area contributed by atoms with Crippen molar-refractivity contribution in [3.05, 3.63) is 35.4 Å². The number of hydrogen-bond donors (Lipinski definition) is 2. The van der Waals surface area contributed by atoms with Crippen LogP contribution in [0, 0.1) is 12.8 Å². The second-order valence-electron chi connectivity index (χ2n) is 6.63. The average molecular weight is 286 g/mol. The van der Waals surface area contributed by atoms with Crippen molar-refractivity contribution in [3.8, 4) is 0 Å². The number of hydrogen-bond acceptors (Lipinski definition) is 2. The molecule has 3 nitrogen and oxygen atoms in total. The van der Waals surface area contributed by atoms with E-state index in [1.807, 2.05) is 0 Å². The molecule has 2 fully saturated rings. The lowest BCUT2D eigenvalue weighted by atomic mass is 10.0. The van der Waals surface area contributed by atoms with Crippen molar-refractivity contribution in [2.24, 2.45) is 5.92 Å². The highest BCUT2D eigenvalue weighted by atomic mass is 16.1. The van der Waals surface area contributed by atoms with Gasteiger partial charge in [0, 0.05) is 18.5 Å². The van der Waals surface area contributed by atoms with E-state index < -0.39 is 0 Å². The molecule has 1 atom stereocenters. The van der Waals surface area contributed by atoms with E-state index in [1.54, 1.807) is 0 Å². The van der Waals surface area contributed by atoms with Crippen molar-refractivity contribution in [3.63, 3.8) is 0 Å². The van der Waals surface area contributed by atoms with Gasteiger partial charge in [-0.3, -0.25) is 4.79 Å². The number of nitrogens with one attached hydrogen (secondary N) is 2. The number of carbonyl (C=O) groups is 1. The number of benzene rings is 1. The van der Waals surface area contributed by atoms with Crippen LogP contribution in [0.15, 0.2) is 24.3 Å². The summed E-state index contributed by atoms with van der Waals surface area (Å²) >= 11 is 0. The predicted octanol–water partition coefficient (Wildman–Crippen LogP) is 3.09. The highest BCUT2D eigenvalue weighted by molar-refractivity contribution is 5.76. The highest BCUT2D eigenvalue weighted by Gasteiger charge is 2.31. The summed E-state index contributed by atoms with van der Waals surface area (Å²) in [5.74, 6) is 1.01. The van der Waals surface area contributed by atoms with Crippen LogP contribution in [0.25, 0.3) is 0 Å². The quantitative estimate of drug-likeness (QED) is 0.721. The fraction of sp³-hybridized carbons (Fsp3) is 0.611. The Morgan fingerprint density at radius 2 is 1.90 bits per heavy atom. The van der Waals surface area contributed by atoms with Gasteiger partial charge in [0.05, 0.1) is 0 Å². The summed E-state index contributed by atoms with van der Waals surface area (Å²) in [7, 11) is 0. The van der Waals surface area contributed by atoms with Crippen LogP contribution in [0.1, 0.15) is 55.7 Å². The molecule has 0 heterocycles. The topological polar surface area (TPSA) is 41.1 Å². The zero-order valence-corrected chi connectivity index (χ0v) is 12.9. The van der Waals surface area contributed by atoms with Crippen molar-refractivity contribution < 1.29 is 4.79 Å². The molecule has 1 aromatic carbocycles. The molecule has 21 heavy (non-hydrogen) atoms. The smallest absolute Gasteiger partial charge is 0.220 e. The van der Waals surface area contributed by atoms with Gasteiger partial charge >= 0.3 is 0 Å². The minimum absolute atomic E-state index is 0.220. The average Bonchev–Trinajstić information content (AvgIpc) is 3.34. The Morgan fingerprint density at radius 3 is 2.52 bits per heavy atom. The lowest BCUT2D eigenvalue weighted by molar-refractivity contribution is -0.121. The Bertz CT molecular complexity index is 474. The summed E-state index contributed by atoms with van der Waals surface area (Å²) in [4.78, 5) is 11.7. The largest absolute Gasteiger partial charge is 0.353 e. The van der Waals surface area contributed by atoms with Crippen LogP contribution in [-0.4, -0.2) is 18.5 Å². The van der Waals surface area contributed by atoms with Gasteiger partial charge in [0.15, 0.2) is 0 Å². The first-order valence-corrected chi connectivity index (χ1v) is 8.31. The predicted molar refractivity (Wildman–Crippen MR) is 85.0 cm³/mol. The summed E-state index contributed by atoms with van der Waals surface area (Å²) in [5, 5.41) is 6.71. The van der Waals surface area contributed by atoms with Gasteiger partial charge in [-0.15, -0.1) is 0 Å². The molecule has 1 aromatic rings. The maximum absolute atomic E-state index is 11.7. The van der Waals surface area contributed by atoms with Gasteiger partial charge in [0.1, 0.15) is 0 Å². The Labute approximate surface area is 127 Å². The Balaban J connectivity index is 1.42. The van der Waals surface area contributed by atoms with E-state index in [4.69, 9.17) is 0 Å². The SMILES string of the molecule is Cc1ccc(C(NCCCC(=O)NC2CC2)C2CC2)cc1. The Hall–Kier alpha value is -1.35. The minimum Gasteiger partial charge on any atom is -0.353 e. The van der Waals surface area contributed by atoms with Crippen molar-refractivity contribution >= 4 is 5.91 Å². The molecule has 0 aromatic heterocycles. The van der Waals surface area contributed by atoms with E-state index in [-0.39, 0.29) is 5.91 Å². The van der Waals surface area contributed by atoms with Crippen LogP contribution < -0.4 is 10.6 Å². The molecule has 114 valence electrons. The lowest BCUT2D eigenvalue weighted by Crippen LogP contribution is -2.28. The van der Waals surface area contributed by atoms with Gasteiger partial charge in [0.2, 0.25) is 5.91 Å². The minimum atomic E-state index is 0.220. The highest BCUT2D eigenvalue weighted by Crippen LogP contribution is 2.41. The van der Waals surface area contributed by atoms with E-state index in [0.717, 1.165) is 18.9 Å². The molecule has 0 aliphatic heterocycles. The zero-order valence-electron chi connectivity index (χ0n) is 12.9. The molecule has 2 N–H and O–H groups in total. The van der Waals surface area contributed by atoms with Gasteiger partial charge in [-0.25, -0.2) is 0 Å². The molecule has 1 amide bonds. The first-order chi connectivity index (χ1) is 10.2. The van der Waals surface area contributed by atoms with Crippen LogP contribution in [-0.2, 0) is 4.79 Å². The van der Waals surface area contributed by atoms with Gasteiger partial charge in [-0.05, 0) is 57.1 Å². The number of aryl methyl sites for hydroxylation is 1. The molecule has 0 saturated heterocycles. The Morgan fingerprint density at radius 1 is 1.19 bits per heavy atom. The molecule has 3 heteroatoms. The fourth-order valence-corrected chi connectivity index (χ4v) is 2.79. The number of carbonyl (C=O) groups excluding carboxylic acids is 1. The maximum atomic E-state index is 11.7. The molecule has 3 rings (SSSR count). The third-order valence-corrected chi connectivity index (χ3v) is 4.42. The van der Waals surface area contributed by atoms with Gasteiger partial charge in [-0.2, -0.15) is 0 Å². The summed E-state index contributed by atoms with van der Waals surface area (Å²) in [6.45, 7) is 3.05. The van der Waals surface area contributed by atoms with Crippen LogP contribution in [0.2, 0.25) is 0 Å². The van der Waals surface area contributed by atoms with Gasteiger partial charge in [0.25, 0.3) is 0 Å². The van der Waals surface area contributed by atoms with Crippen molar-refractivity contribution in [1.29, 1.82) is 0 Å². The summed E-state index contributed by atoms with van der Waals surface area (Å²) in [6.07, 6.45) is 6.56. The van der Waals surface area contributed by atoms with E-state index in [9.17, 15) is 4.79 Å². The molecule has 2 aliphatic rings. The molecule has 2 saturated carbocycles. The van der Waals surface area contributed by atoms with E-state index in [0.29, 0.717) is 18.5 Å². The second-order valence-corrected chi connectivity index (χ2v) is 6.63. The normalized spacial score (nSPS) is 19.3. The first kappa shape index (κ1) is 14.6. The Kier molecular flexibility index (Phi) is 4.59. The maximum Gasteiger partial charge on any atom is 0.220 e. The summed E-state index contributed by atoms with van der Waals surface area (Å²) < 4.78 is 0. The summed E-state index contributed by atoms with van der Waals surface area (Å²) in [5.41, 5.74) is 2.70. The fourth-order valence-electron chi connectivity index (χ4n) is 2.79. The molecular weight excluding hydrogens is 260 g/mol. The summed E-state index contributed by atoms with van der Waals surface area (Å²) in [6, 6.07) is 9.82. The third-order valence-electron chi connectivity index (χ3n) is 4.42. The van der Waals surface area contributed by atoms with E-state index >= 15 is 0 Å². The number of rotatable bonds is 8. The second kappa shape index (κ2) is 6.61. The molecule has 2 aliphatic carbocycles. The standard InChI is InChI=1S/C18H26N2O/c1-13-4-6-14(7-5-13)18(15-8-9-15)19-12-2-3-17(21)20-16-10-11-16/h4-7,15-16,18-19H,2-3,8-12H2,1H3,(H,20,21). The van der Waals surface area contributed by atoms with E-state index in [1.165, 1.54) is 36.8 Å². The van der Waals surface area contributed by atoms with Crippen molar-refractivity contribution in [2.45, 2.75) is 57.5 Å². The number of amides is 1. The molecule has 0 bridgehead atoms. The third kappa shape index (κ3) is 4.57. The zero-order chi connectivity index (χ0) is 14.7. The van der Waals surface area contributed by atoms with Crippen LogP contribution in [0.4, 0.5) is 0 Å². The van der Waals surface area contributed by atoms with Crippen LogP contribution >= 0.6 is 0 Å². The monoisotopic (exact) mass is 286 g/mol. The van der Waals surface area contributed by atoms with Crippen LogP contribution in [0.5, 0.6) is 0 Å². The first-order valence-electron chi connectivity index (χ1n) is 8.31. The lowest BCUT2D eigenvalue weighted by Gasteiger charge is -2.19. The molecule has 0 radical (unpaired) electrons. The van der Waals surface area contributed by atoms with Crippen LogP contribution in [0.3, 0.4) is 0 Å².